The summed E-state index contributed by atoms with van der Waals surface area (Å²) < 4.78 is 40.1. The van der Waals surface area contributed by atoms with Gasteiger partial charge < -0.3 is 14.4 Å². The first-order valence-corrected chi connectivity index (χ1v) is 12.0. The normalized spacial score (nSPS) is 16.1. The summed E-state index contributed by atoms with van der Waals surface area (Å²) in [5.41, 5.74) is 2.37. The van der Waals surface area contributed by atoms with Gasteiger partial charge >= 0.3 is 0 Å². The summed E-state index contributed by atoms with van der Waals surface area (Å²) in [6.45, 7) is 0.498. The third-order valence-electron chi connectivity index (χ3n) is 5.81. The Morgan fingerprint density at radius 2 is 1.87 bits per heavy atom. The molecule has 6 nitrogen and oxygen atoms in total. The van der Waals surface area contributed by atoms with E-state index in [0.717, 1.165) is 28.3 Å². The van der Waals surface area contributed by atoms with Gasteiger partial charge in [-0.25, -0.2) is 8.42 Å². The highest BCUT2D eigenvalue weighted by Crippen LogP contribution is 2.40. The molecule has 3 aromatic rings. The molecule has 7 heteroatoms. The van der Waals surface area contributed by atoms with E-state index in [1.165, 1.54) is 0 Å². The summed E-state index contributed by atoms with van der Waals surface area (Å²) in [5.74, 6) is 1.26. The number of ether oxygens (including phenoxy) is 2. The molecule has 0 unspecified atom stereocenters. The molecular weight excluding hydrogens is 412 g/mol. The highest BCUT2D eigenvalue weighted by atomic mass is 32.2. The van der Waals surface area contributed by atoms with Crippen LogP contribution in [0.15, 0.2) is 54.6 Å². The first-order chi connectivity index (χ1) is 14.9. The van der Waals surface area contributed by atoms with Crippen LogP contribution < -0.4 is 14.2 Å². The van der Waals surface area contributed by atoms with Crippen LogP contribution >= 0.6 is 0 Å². The minimum absolute atomic E-state index is 0.0118. The van der Waals surface area contributed by atoms with E-state index in [1.54, 1.807) is 19.2 Å². The minimum Gasteiger partial charge on any atom is -0.496 e. The number of rotatable bonds is 7. The average Bonchev–Trinajstić information content (AvgIpc) is 2.77. The predicted octanol–water partition coefficient (Wildman–Crippen LogP) is 3.70. The second-order valence-corrected chi connectivity index (χ2v) is 9.91. The highest BCUT2D eigenvalue weighted by Gasteiger charge is 2.28. The fraction of sp³-hybridized carbons (Fsp3) is 0.333. The van der Waals surface area contributed by atoms with Gasteiger partial charge in [0.15, 0.2) is 0 Å². The van der Waals surface area contributed by atoms with Crippen molar-refractivity contribution in [2.45, 2.75) is 18.9 Å². The molecule has 1 heterocycles. The molecule has 0 aliphatic carbocycles. The summed E-state index contributed by atoms with van der Waals surface area (Å²) in [6.07, 6.45) is 1.16. The van der Waals surface area contributed by atoms with Gasteiger partial charge in [0.25, 0.3) is 0 Å². The zero-order chi connectivity index (χ0) is 22.0. The Morgan fingerprint density at radius 3 is 2.65 bits per heavy atom. The minimum atomic E-state index is -3.57. The molecule has 0 bridgehead atoms. The van der Waals surface area contributed by atoms with Crippen LogP contribution in [0, 0.1) is 0 Å². The lowest BCUT2D eigenvalue weighted by Crippen LogP contribution is -2.38. The van der Waals surface area contributed by atoms with Crippen LogP contribution in [-0.2, 0) is 22.9 Å². The monoisotopic (exact) mass is 440 g/mol. The number of anilines is 1. The third kappa shape index (κ3) is 4.62. The number of nitrogens with zero attached hydrogens (tertiary/aromatic N) is 1. The smallest absolute Gasteiger partial charge is 0.233 e. The van der Waals surface area contributed by atoms with Crippen molar-refractivity contribution in [1.82, 2.24) is 4.90 Å². The van der Waals surface area contributed by atoms with Crippen molar-refractivity contribution in [3.63, 3.8) is 0 Å². The predicted molar refractivity (Wildman–Crippen MR) is 125 cm³/mol. The van der Waals surface area contributed by atoms with Crippen LogP contribution in [0.2, 0.25) is 0 Å². The van der Waals surface area contributed by atoms with Gasteiger partial charge in [-0.15, -0.1) is 0 Å². The van der Waals surface area contributed by atoms with E-state index in [4.69, 9.17) is 9.47 Å². The number of hydrogen-bond acceptors (Lipinski definition) is 5. The van der Waals surface area contributed by atoms with E-state index < -0.39 is 10.0 Å². The maximum absolute atomic E-state index is 12.9. The van der Waals surface area contributed by atoms with Crippen LogP contribution in [0.1, 0.15) is 11.1 Å². The molecule has 1 N–H and O–H groups in total. The molecule has 1 atom stereocenters. The second-order valence-electron chi connectivity index (χ2n) is 8.06. The molecule has 31 heavy (non-hydrogen) atoms. The Labute approximate surface area is 183 Å². The molecule has 1 aliphatic rings. The van der Waals surface area contributed by atoms with Crippen molar-refractivity contribution in [3.8, 4) is 11.5 Å². The molecule has 164 valence electrons. The Balaban J connectivity index is 1.55. The number of nitrogens with one attached hydrogen (secondary N) is 1. The first kappa shape index (κ1) is 21.5. The van der Waals surface area contributed by atoms with Gasteiger partial charge in [0, 0.05) is 11.6 Å². The molecule has 4 rings (SSSR count). The summed E-state index contributed by atoms with van der Waals surface area (Å²) in [6, 6.07) is 17.7. The molecule has 1 aliphatic heterocycles. The Bertz CT molecular complexity index is 1190. The van der Waals surface area contributed by atoms with Crippen molar-refractivity contribution in [2.75, 3.05) is 38.3 Å². The van der Waals surface area contributed by atoms with Crippen LogP contribution in [0.4, 0.5) is 5.69 Å². The van der Waals surface area contributed by atoms with Gasteiger partial charge in [-0.05, 0) is 55.4 Å². The van der Waals surface area contributed by atoms with Gasteiger partial charge in [-0.2, -0.15) is 0 Å². The first-order valence-electron chi connectivity index (χ1n) is 10.3. The van der Waals surface area contributed by atoms with Crippen molar-refractivity contribution < 1.29 is 17.9 Å². The van der Waals surface area contributed by atoms with Gasteiger partial charge in [0.1, 0.15) is 18.1 Å². The standard InChI is InChI=1S/C24H28N2O4S/c1-26(2)19-15-21-23(29-3)12-11-22(24(21)30-16-19)25-31(27,28)14-13-18-9-6-8-17-7-4-5-10-20(17)18/h4-12,19,25H,13-16H2,1-3H3/t19-/m1/s1. The molecule has 0 radical (unpaired) electrons. The van der Waals surface area contributed by atoms with Crippen LogP contribution in [-0.4, -0.2) is 52.9 Å². The fourth-order valence-corrected chi connectivity index (χ4v) is 5.11. The zero-order valence-electron chi connectivity index (χ0n) is 18.1. The molecule has 0 spiro atoms. The molecule has 0 saturated heterocycles. The number of methoxy groups -OCH3 is 1. The fourth-order valence-electron chi connectivity index (χ4n) is 4.02. The van der Waals surface area contributed by atoms with E-state index in [1.807, 2.05) is 56.6 Å². The molecule has 3 aromatic carbocycles. The lowest BCUT2D eigenvalue weighted by Gasteiger charge is -2.32. The maximum Gasteiger partial charge on any atom is 0.233 e. The summed E-state index contributed by atoms with van der Waals surface area (Å²) >= 11 is 0. The number of fused-ring (bicyclic) bond motifs is 2. The number of likely N-dealkylation sites (N-methyl/N-ethyl adjacent to an activating group) is 1. The largest absolute Gasteiger partial charge is 0.496 e. The van der Waals surface area contributed by atoms with E-state index in [9.17, 15) is 8.42 Å². The van der Waals surface area contributed by atoms with Gasteiger partial charge in [0.2, 0.25) is 10.0 Å². The Kier molecular flexibility index (Phi) is 6.07. The third-order valence-corrected chi connectivity index (χ3v) is 7.09. The van der Waals surface area contributed by atoms with Crippen LogP contribution in [0.3, 0.4) is 0 Å². The number of hydrogen-bond donors (Lipinski definition) is 1. The SMILES string of the molecule is COc1ccc(NS(=O)(=O)CCc2cccc3ccccc23)c2c1C[C@@H](N(C)C)CO2. The van der Waals surface area contributed by atoms with Crippen molar-refractivity contribution in [3.05, 3.63) is 65.7 Å². The molecule has 0 fully saturated rings. The number of sulfonamides is 1. The molecule has 0 saturated carbocycles. The Morgan fingerprint density at radius 1 is 1.10 bits per heavy atom. The van der Waals surface area contributed by atoms with Crippen LogP contribution in [0.25, 0.3) is 10.8 Å². The van der Waals surface area contributed by atoms with Crippen molar-refractivity contribution >= 4 is 26.5 Å². The number of aryl methyl sites for hydroxylation is 1. The molecular formula is C24H28N2O4S. The second kappa shape index (κ2) is 8.77. The van der Waals surface area contributed by atoms with Crippen molar-refractivity contribution in [2.24, 2.45) is 0 Å². The van der Waals surface area contributed by atoms with E-state index in [0.29, 0.717) is 30.2 Å². The summed E-state index contributed by atoms with van der Waals surface area (Å²) in [4.78, 5) is 2.10. The molecule has 0 amide bonds. The number of benzene rings is 3. The zero-order valence-corrected chi connectivity index (χ0v) is 18.9. The van der Waals surface area contributed by atoms with Gasteiger partial charge in [-0.1, -0.05) is 42.5 Å². The Hall–Kier alpha value is -2.77. The van der Waals surface area contributed by atoms with Gasteiger partial charge in [-0.3, -0.25) is 4.72 Å². The van der Waals surface area contributed by atoms with E-state index >= 15 is 0 Å². The van der Waals surface area contributed by atoms with Crippen molar-refractivity contribution in [1.29, 1.82) is 0 Å². The molecule has 0 aromatic heterocycles. The van der Waals surface area contributed by atoms with E-state index in [-0.39, 0.29) is 11.8 Å². The topological polar surface area (TPSA) is 67.9 Å². The van der Waals surface area contributed by atoms with Crippen LogP contribution in [0.5, 0.6) is 11.5 Å². The average molecular weight is 441 g/mol. The maximum atomic E-state index is 12.9. The summed E-state index contributed by atoms with van der Waals surface area (Å²) in [5, 5.41) is 2.19. The highest BCUT2D eigenvalue weighted by molar-refractivity contribution is 7.92. The summed E-state index contributed by atoms with van der Waals surface area (Å²) in [7, 11) is 2.06. The lowest BCUT2D eigenvalue weighted by molar-refractivity contribution is 0.164. The lowest BCUT2D eigenvalue weighted by atomic mass is 10.00. The van der Waals surface area contributed by atoms with Gasteiger partial charge in [0.05, 0.1) is 18.6 Å². The van der Waals surface area contributed by atoms with E-state index in [2.05, 4.69) is 9.62 Å². The quantitative estimate of drug-likeness (QED) is 0.607.